The van der Waals surface area contributed by atoms with E-state index in [9.17, 15) is 23.3 Å². The number of aromatic amines is 1. The lowest BCUT2D eigenvalue weighted by molar-refractivity contribution is -0.144. The largest absolute Gasteiger partial charge is 0.465 e. The Bertz CT molecular complexity index is 1420. The summed E-state index contributed by atoms with van der Waals surface area (Å²) in [6.45, 7) is 3.91. The van der Waals surface area contributed by atoms with Crippen molar-refractivity contribution in [1.29, 1.82) is 0 Å². The first-order valence-corrected chi connectivity index (χ1v) is 12.8. The number of H-pyrrole nitrogens is 1. The Hall–Kier alpha value is -3.20. The summed E-state index contributed by atoms with van der Waals surface area (Å²) in [5, 5.41) is 2.47. The summed E-state index contributed by atoms with van der Waals surface area (Å²) in [4.78, 5) is 38.2. The molecule has 2 aromatic rings. The Labute approximate surface area is 216 Å². The number of halogens is 2. The lowest BCUT2D eigenvalue weighted by Crippen LogP contribution is -2.39. The summed E-state index contributed by atoms with van der Waals surface area (Å²) in [5.74, 6) is 0.202. The fourth-order valence-electron chi connectivity index (χ4n) is 3.17. The van der Waals surface area contributed by atoms with Crippen LogP contribution >= 0.6 is 19.3 Å². The second-order valence-electron chi connectivity index (χ2n) is 7.92. The van der Waals surface area contributed by atoms with Gasteiger partial charge in [0.05, 0.1) is 6.61 Å². The van der Waals surface area contributed by atoms with Gasteiger partial charge >= 0.3 is 19.4 Å². The van der Waals surface area contributed by atoms with Crippen LogP contribution in [0.4, 0.5) is 4.39 Å². The van der Waals surface area contributed by atoms with E-state index in [2.05, 4.69) is 16.0 Å². The molecule has 0 radical (unpaired) electrons. The summed E-state index contributed by atoms with van der Waals surface area (Å²) in [6.07, 6.45) is 8.77. The van der Waals surface area contributed by atoms with E-state index >= 15 is 0 Å². The van der Waals surface area contributed by atoms with Crippen LogP contribution in [-0.4, -0.2) is 40.4 Å². The van der Waals surface area contributed by atoms with Crippen molar-refractivity contribution in [3.05, 3.63) is 73.8 Å². The number of nitrogens with zero attached hydrogens (tertiary/aromatic N) is 1. The van der Waals surface area contributed by atoms with Gasteiger partial charge in [0.1, 0.15) is 12.6 Å². The van der Waals surface area contributed by atoms with Gasteiger partial charge < -0.3 is 14.0 Å². The second-order valence-corrected chi connectivity index (χ2v) is 10.1. The van der Waals surface area contributed by atoms with Gasteiger partial charge in [-0.05, 0) is 51.1 Å². The molecule has 3 rings (SSSR count). The van der Waals surface area contributed by atoms with Gasteiger partial charge in [0, 0.05) is 16.8 Å². The number of hydrogen-bond acceptors (Lipinski definition) is 8. The Morgan fingerprint density at radius 2 is 2.19 bits per heavy atom. The molecule has 2 heterocycles. The Kier molecular flexibility index (Phi) is 8.79. The van der Waals surface area contributed by atoms with E-state index in [-0.39, 0.29) is 17.2 Å². The number of aromatic nitrogens is 2. The Morgan fingerprint density at radius 1 is 1.46 bits per heavy atom. The maximum Gasteiger partial charge on any atom is 0.459 e. The average Bonchev–Trinajstić information content (AvgIpc) is 3.27. The molecule has 1 aromatic heterocycles. The van der Waals surface area contributed by atoms with Crippen molar-refractivity contribution in [2.75, 3.05) is 13.2 Å². The highest BCUT2D eigenvalue weighted by atomic mass is 35.5. The molecule has 0 saturated heterocycles. The monoisotopic (exact) mass is 555 g/mol. The highest BCUT2D eigenvalue weighted by Gasteiger charge is 2.41. The van der Waals surface area contributed by atoms with Gasteiger partial charge in [0.25, 0.3) is 5.56 Å². The van der Waals surface area contributed by atoms with E-state index in [1.807, 2.05) is 0 Å². The third-order valence-corrected chi connectivity index (χ3v) is 6.92. The summed E-state index contributed by atoms with van der Waals surface area (Å²) >= 11 is 5.76. The molecule has 2 N–H and O–H groups in total. The van der Waals surface area contributed by atoms with E-state index in [4.69, 9.17) is 36.5 Å². The van der Waals surface area contributed by atoms with Crippen LogP contribution in [0.3, 0.4) is 0 Å². The molecule has 0 saturated carbocycles. The van der Waals surface area contributed by atoms with Crippen molar-refractivity contribution < 1.29 is 32.3 Å². The number of benzene rings is 1. The lowest BCUT2D eigenvalue weighted by Gasteiger charge is -2.28. The molecule has 14 heteroatoms. The van der Waals surface area contributed by atoms with Crippen LogP contribution < -0.4 is 20.9 Å². The first-order chi connectivity index (χ1) is 17.4. The van der Waals surface area contributed by atoms with E-state index in [0.717, 1.165) is 16.7 Å². The van der Waals surface area contributed by atoms with Crippen LogP contribution in [0.2, 0.25) is 5.02 Å². The fraction of sp³-hybridized carbons (Fsp3) is 0.348. The zero-order chi connectivity index (χ0) is 27.4. The third-order valence-electron chi connectivity index (χ3n) is 5.08. The fourth-order valence-corrected chi connectivity index (χ4v) is 4.86. The minimum atomic E-state index is -4.50. The maximum atomic E-state index is 14.4. The maximum absolute atomic E-state index is 14.4. The number of carbonyl (C=O) groups is 1. The molecular weight excluding hydrogens is 532 g/mol. The molecule has 4 atom stereocenters. The second kappa shape index (κ2) is 11.5. The van der Waals surface area contributed by atoms with Gasteiger partial charge in [0.15, 0.2) is 23.4 Å². The molecule has 0 amide bonds. The molecule has 1 aromatic carbocycles. The van der Waals surface area contributed by atoms with Crippen LogP contribution in [0.25, 0.3) is 0 Å². The quantitative estimate of drug-likeness (QED) is 0.196. The van der Waals surface area contributed by atoms with Gasteiger partial charge in [0.2, 0.25) is 0 Å². The number of hydrogen-bond donors (Lipinski definition) is 2. The molecule has 0 aliphatic carbocycles. The smallest absolute Gasteiger partial charge is 0.459 e. The molecule has 1 aliphatic rings. The number of carbonyl (C=O) groups excluding carboxylic acids is 1. The minimum absolute atomic E-state index is 0.0620. The van der Waals surface area contributed by atoms with Gasteiger partial charge in [-0.2, -0.15) is 5.09 Å². The highest BCUT2D eigenvalue weighted by Crippen LogP contribution is 2.47. The molecule has 0 fully saturated rings. The first-order valence-electron chi connectivity index (χ1n) is 10.9. The minimum Gasteiger partial charge on any atom is -0.465 e. The van der Waals surface area contributed by atoms with Gasteiger partial charge in [-0.1, -0.05) is 17.5 Å². The topological polar surface area (TPSA) is 138 Å². The van der Waals surface area contributed by atoms with E-state index in [1.54, 1.807) is 6.92 Å². The number of aryl methyl sites for hydroxylation is 1. The molecule has 37 heavy (non-hydrogen) atoms. The zero-order valence-corrected chi connectivity index (χ0v) is 21.7. The van der Waals surface area contributed by atoms with Crippen molar-refractivity contribution in [2.45, 2.75) is 38.6 Å². The third kappa shape index (κ3) is 6.77. The van der Waals surface area contributed by atoms with Crippen LogP contribution in [0, 0.1) is 25.1 Å². The lowest BCUT2D eigenvalue weighted by atomic mass is 10.1. The van der Waals surface area contributed by atoms with Crippen molar-refractivity contribution in [1.82, 2.24) is 14.6 Å². The normalized spacial score (nSPS) is 21.1. The first kappa shape index (κ1) is 28.4. The molecule has 0 bridgehead atoms. The van der Waals surface area contributed by atoms with Crippen LogP contribution in [0.15, 0.2) is 46.1 Å². The van der Waals surface area contributed by atoms with Gasteiger partial charge in [-0.15, -0.1) is 6.42 Å². The Balaban J connectivity index is 1.85. The van der Waals surface area contributed by atoms with Gasteiger partial charge in [-0.25, -0.2) is 13.8 Å². The van der Waals surface area contributed by atoms with Crippen LogP contribution in [-0.2, 0) is 23.4 Å². The summed E-state index contributed by atoms with van der Waals surface area (Å²) in [7, 11) is -4.50. The molecule has 0 unspecified atom stereocenters. The van der Waals surface area contributed by atoms with Crippen molar-refractivity contribution in [3.8, 4) is 18.1 Å². The van der Waals surface area contributed by atoms with Crippen LogP contribution in [0.5, 0.6) is 5.75 Å². The summed E-state index contributed by atoms with van der Waals surface area (Å²) < 4.78 is 50.7. The highest BCUT2D eigenvalue weighted by molar-refractivity contribution is 7.52. The molecular formula is C23H24ClFN3O8P. The molecule has 11 nitrogen and oxygen atoms in total. The van der Waals surface area contributed by atoms with E-state index in [0.29, 0.717) is 0 Å². The number of rotatable bonds is 10. The number of nitrogens with one attached hydrogen (secondary N) is 2. The molecule has 1 aliphatic heterocycles. The van der Waals surface area contributed by atoms with E-state index in [1.165, 1.54) is 38.3 Å². The SMILES string of the molecule is C#C[C@@]1(CO[P@@](=O)(N[C@@H](C)C(=O)OCC)Oc2ccc(Cl)cc2F)C=C[C@H](n2cc(C)c(=O)[nH]c2=O)O1. The average molecular weight is 556 g/mol. The standard InChI is InChI=1S/C23H24ClFN3O8P/c1-5-23(10-9-19(35-23)28-12-14(3)20(29)26-22(28)31)13-34-37(32,27-15(4)21(30)33-6-2)36-18-8-7-16(24)11-17(18)25/h1,7-12,15,19H,6,13H2,2-4H3,(H,27,32)(H,26,29,31)/t15-,19+,23-,37-/m0/s1. The van der Waals surface area contributed by atoms with Gasteiger partial charge in [-0.3, -0.25) is 23.7 Å². The predicted octanol–water partition coefficient (Wildman–Crippen LogP) is 2.84. The number of ether oxygens (including phenoxy) is 2. The number of esters is 1. The van der Waals surface area contributed by atoms with Crippen molar-refractivity contribution >= 4 is 25.3 Å². The van der Waals surface area contributed by atoms with E-state index < -0.39 is 61.0 Å². The van der Waals surface area contributed by atoms with Crippen molar-refractivity contribution in [3.63, 3.8) is 0 Å². The van der Waals surface area contributed by atoms with Crippen molar-refractivity contribution in [2.24, 2.45) is 0 Å². The molecule has 198 valence electrons. The molecule has 0 spiro atoms. The number of terminal acetylenes is 1. The Morgan fingerprint density at radius 3 is 2.84 bits per heavy atom. The zero-order valence-electron chi connectivity index (χ0n) is 20.0. The van der Waals surface area contributed by atoms with Crippen LogP contribution in [0.1, 0.15) is 25.6 Å². The summed E-state index contributed by atoms with van der Waals surface area (Å²) in [6, 6.07) is 2.20. The summed E-state index contributed by atoms with van der Waals surface area (Å²) in [5.41, 5.74) is -2.67. The predicted molar refractivity (Wildman–Crippen MR) is 132 cm³/mol.